The zero-order valence-electron chi connectivity index (χ0n) is 9.64. The molecule has 4 nitrogen and oxygen atoms in total. The number of rotatable bonds is 4. The first kappa shape index (κ1) is 13.6. The zero-order chi connectivity index (χ0) is 13.8. The molecule has 1 aromatic heterocycles. The maximum atomic E-state index is 10.6. The predicted octanol–water partition coefficient (Wildman–Crippen LogP) is 3.81. The van der Waals surface area contributed by atoms with Crippen molar-refractivity contribution in [1.29, 1.82) is 0 Å². The van der Waals surface area contributed by atoms with Crippen LogP contribution in [-0.2, 0) is 11.2 Å². The lowest BCUT2D eigenvalue weighted by atomic mass is 10.1. The molecule has 0 amide bonds. The van der Waals surface area contributed by atoms with E-state index in [1.54, 1.807) is 24.3 Å². The van der Waals surface area contributed by atoms with E-state index in [1.165, 1.54) is 12.3 Å². The van der Waals surface area contributed by atoms with E-state index in [1.807, 2.05) is 0 Å². The van der Waals surface area contributed by atoms with E-state index in [2.05, 4.69) is 4.98 Å². The average molecular weight is 298 g/mol. The molecular formula is C13H9Cl2NO3. The molecule has 0 unspecified atom stereocenters. The van der Waals surface area contributed by atoms with Crippen LogP contribution in [0.5, 0.6) is 11.6 Å². The number of carbonyl (C=O) groups is 1. The molecule has 0 aliphatic carbocycles. The van der Waals surface area contributed by atoms with Crippen LogP contribution in [0.1, 0.15) is 5.56 Å². The Morgan fingerprint density at radius 1 is 1.26 bits per heavy atom. The van der Waals surface area contributed by atoms with Crippen LogP contribution < -0.4 is 4.74 Å². The van der Waals surface area contributed by atoms with Gasteiger partial charge in [0.05, 0.1) is 11.4 Å². The molecule has 0 bridgehead atoms. The molecule has 6 heteroatoms. The van der Waals surface area contributed by atoms with E-state index < -0.39 is 5.97 Å². The molecule has 98 valence electrons. The number of pyridine rings is 1. The minimum atomic E-state index is -0.879. The minimum Gasteiger partial charge on any atom is -0.481 e. The third kappa shape index (κ3) is 3.84. The van der Waals surface area contributed by atoms with Crippen molar-refractivity contribution in [3.05, 3.63) is 52.1 Å². The molecule has 0 aliphatic heterocycles. The van der Waals surface area contributed by atoms with Crippen LogP contribution in [0.2, 0.25) is 10.0 Å². The van der Waals surface area contributed by atoms with Crippen LogP contribution in [0.3, 0.4) is 0 Å². The summed E-state index contributed by atoms with van der Waals surface area (Å²) in [4.78, 5) is 14.5. The van der Waals surface area contributed by atoms with E-state index in [0.29, 0.717) is 21.4 Å². The van der Waals surface area contributed by atoms with Gasteiger partial charge in [-0.05, 0) is 23.8 Å². The fraction of sp³-hybridized carbons (Fsp3) is 0.0769. The van der Waals surface area contributed by atoms with Gasteiger partial charge < -0.3 is 9.84 Å². The first-order valence-electron chi connectivity index (χ1n) is 5.34. The van der Waals surface area contributed by atoms with Crippen LogP contribution in [-0.4, -0.2) is 16.1 Å². The van der Waals surface area contributed by atoms with Crippen LogP contribution in [0.15, 0.2) is 36.5 Å². The molecule has 0 atom stereocenters. The number of hydrogen-bond acceptors (Lipinski definition) is 3. The van der Waals surface area contributed by atoms with Gasteiger partial charge in [0.2, 0.25) is 5.88 Å². The van der Waals surface area contributed by atoms with Crippen molar-refractivity contribution in [2.24, 2.45) is 0 Å². The van der Waals surface area contributed by atoms with Gasteiger partial charge in [-0.1, -0.05) is 35.3 Å². The van der Waals surface area contributed by atoms with Gasteiger partial charge in [0, 0.05) is 6.20 Å². The highest BCUT2D eigenvalue weighted by atomic mass is 35.5. The molecular weight excluding hydrogens is 289 g/mol. The topological polar surface area (TPSA) is 59.4 Å². The summed E-state index contributed by atoms with van der Waals surface area (Å²) in [7, 11) is 0. The maximum Gasteiger partial charge on any atom is 0.307 e. The Morgan fingerprint density at radius 2 is 1.95 bits per heavy atom. The van der Waals surface area contributed by atoms with Gasteiger partial charge in [0.15, 0.2) is 0 Å². The highest BCUT2D eigenvalue weighted by Crippen LogP contribution is 2.29. The fourth-order valence-corrected chi connectivity index (χ4v) is 1.86. The Kier molecular flexibility index (Phi) is 4.24. The summed E-state index contributed by atoms with van der Waals surface area (Å²) in [6.07, 6.45) is 1.40. The normalized spacial score (nSPS) is 10.2. The highest BCUT2D eigenvalue weighted by molar-refractivity contribution is 6.35. The molecule has 1 N–H and O–H groups in total. The first-order valence-corrected chi connectivity index (χ1v) is 6.10. The molecule has 1 aromatic carbocycles. The number of carboxylic acid groups (broad SMARTS) is 1. The Balaban J connectivity index is 2.13. The fourth-order valence-electron chi connectivity index (χ4n) is 1.44. The van der Waals surface area contributed by atoms with E-state index in [9.17, 15) is 4.79 Å². The first-order chi connectivity index (χ1) is 9.04. The lowest BCUT2D eigenvalue weighted by Crippen LogP contribution is -1.99. The number of halogens is 2. The molecule has 0 saturated heterocycles. The molecule has 0 aliphatic rings. The molecule has 0 radical (unpaired) electrons. The van der Waals surface area contributed by atoms with Crippen molar-refractivity contribution in [3.8, 4) is 11.6 Å². The number of ether oxygens (including phenoxy) is 1. The van der Waals surface area contributed by atoms with E-state index in [0.717, 1.165) is 0 Å². The number of hydrogen-bond donors (Lipinski definition) is 1. The van der Waals surface area contributed by atoms with Crippen LogP contribution >= 0.6 is 23.2 Å². The summed E-state index contributed by atoms with van der Waals surface area (Å²) in [6.45, 7) is 0. The molecule has 1 heterocycles. The van der Waals surface area contributed by atoms with Gasteiger partial charge in [-0.25, -0.2) is 4.98 Å². The van der Waals surface area contributed by atoms with Crippen molar-refractivity contribution in [3.63, 3.8) is 0 Å². The van der Waals surface area contributed by atoms with Crippen LogP contribution in [0, 0.1) is 0 Å². The highest BCUT2D eigenvalue weighted by Gasteiger charge is 2.06. The van der Waals surface area contributed by atoms with E-state index in [-0.39, 0.29) is 12.3 Å². The Bertz CT molecular complexity index is 599. The Labute approximate surface area is 119 Å². The van der Waals surface area contributed by atoms with Gasteiger partial charge >= 0.3 is 5.97 Å². The van der Waals surface area contributed by atoms with Crippen molar-refractivity contribution < 1.29 is 14.6 Å². The van der Waals surface area contributed by atoms with Crippen molar-refractivity contribution in [2.45, 2.75) is 6.42 Å². The van der Waals surface area contributed by atoms with Crippen LogP contribution in [0.4, 0.5) is 0 Å². The van der Waals surface area contributed by atoms with E-state index in [4.69, 9.17) is 33.0 Å². The smallest absolute Gasteiger partial charge is 0.307 e. The third-order valence-corrected chi connectivity index (χ3v) is 2.74. The Morgan fingerprint density at radius 3 is 2.53 bits per heavy atom. The van der Waals surface area contributed by atoms with Gasteiger partial charge in [-0.2, -0.15) is 0 Å². The monoisotopic (exact) mass is 297 g/mol. The number of aliphatic carboxylic acids is 1. The van der Waals surface area contributed by atoms with Crippen molar-refractivity contribution >= 4 is 29.2 Å². The average Bonchev–Trinajstić information content (AvgIpc) is 2.34. The number of carboxylic acids is 1. The molecule has 2 aromatic rings. The predicted molar refractivity (Wildman–Crippen MR) is 72.1 cm³/mol. The molecule has 0 fully saturated rings. The summed E-state index contributed by atoms with van der Waals surface area (Å²) in [5.41, 5.74) is 0.690. The molecule has 0 spiro atoms. The summed E-state index contributed by atoms with van der Waals surface area (Å²) < 4.78 is 5.47. The molecule has 19 heavy (non-hydrogen) atoms. The lowest BCUT2D eigenvalue weighted by Gasteiger charge is -2.07. The van der Waals surface area contributed by atoms with Gasteiger partial charge in [0.1, 0.15) is 10.8 Å². The summed E-state index contributed by atoms with van der Waals surface area (Å²) in [6, 6.07) is 8.20. The molecule has 2 rings (SSSR count). The summed E-state index contributed by atoms with van der Waals surface area (Å²) in [5, 5.41) is 9.40. The minimum absolute atomic E-state index is 0.0275. The molecule has 0 saturated carbocycles. The standard InChI is InChI=1S/C13H9Cl2NO3/c14-9-6-11(15)13(16-7-9)19-10-3-1-8(2-4-10)5-12(17)18/h1-4,6-7H,5H2,(H,17,18). The second kappa shape index (κ2) is 5.91. The summed E-state index contributed by atoms with van der Waals surface area (Å²) >= 11 is 11.7. The second-order valence-electron chi connectivity index (χ2n) is 3.76. The van der Waals surface area contributed by atoms with Crippen molar-refractivity contribution in [1.82, 2.24) is 4.98 Å². The third-order valence-electron chi connectivity index (χ3n) is 2.27. The number of nitrogens with zero attached hydrogens (tertiary/aromatic N) is 1. The second-order valence-corrected chi connectivity index (χ2v) is 4.60. The maximum absolute atomic E-state index is 10.6. The summed E-state index contributed by atoms with van der Waals surface area (Å²) in [5.74, 6) is -0.112. The van der Waals surface area contributed by atoms with Gasteiger partial charge in [0.25, 0.3) is 0 Å². The van der Waals surface area contributed by atoms with Crippen molar-refractivity contribution in [2.75, 3.05) is 0 Å². The van der Waals surface area contributed by atoms with Gasteiger partial charge in [-0.3, -0.25) is 4.79 Å². The zero-order valence-corrected chi connectivity index (χ0v) is 11.1. The van der Waals surface area contributed by atoms with E-state index >= 15 is 0 Å². The quantitative estimate of drug-likeness (QED) is 0.932. The number of benzene rings is 1. The van der Waals surface area contributed by atoms with Crippen LogP contribution in [0.25, 0.3) is 0 Å². The lowest BCUT2D eigenvalue weighted by molar-refractivity contribution is -0.136. The SMILES string of the molecule is O=C(O)Cc1ccc(Oc2ncc(Cl)cc2Cl)cc1. The van der Waals surface area contributed by atoms with Gasteiger partial charge in [-0.15, -0.1) is 0 Å². The number of aromatic nitrogens is 1. The Hall–Kier alpha value is -1.78. The largest absolute Gasteiger partial charge is 0.481 e.